The maximum atomic E-state index is 12.6. The van der Waals surface area contributed by atoms with Gasteiger partial charge in [0.25, 0.3) is 0 Å². The number of hydrogen-bond donors (Lipinski definition) is 3. The molecule has 4 nitrogen and oxygen atoms in total. The van der Waals surface area contributed by atoms with Gasteiger partial charge in [-0.1, -0.05) is 0 Å². The number of aliphatic hydroxyl groups is 1. The van der Waals surface area contributed by atoms with Crippen LogP contribution in [-0.4, -0.2) is 23.8 Å². The van der Waals surface area contributed by atoms with Crippen LogP contribution in [0, 0.1) is 11.7 Å². The van der Waals surface area contributed by atoms with E-state index in [0.29, 0.717) is 24.6 Å². The fourth-order valence-electron chi connectivity index (χ4n) is 1.76. The van der Waals surface area contributed by atoms with Crippen LogP contribution in [0.2, 0.25) is 0 Å². The second-order valence-corrected chi connectivity index (χ2v) is 4.58. The smallest absolute Gasteiger partial charge is 0.319 e. The Morgan fingerprint density at radius 2 is 2.06 bits per heavy atom. The van der Waals surface area contributed by atoms with E-state index in [4.69, 9.17) is 0 Å². The van der Waals surface area contributed by atoms with E-state index in [2.05, 4.69) is 10.6 Å². The van der Waals surface area contributed by atoms with E-state index < -0.39 is 0 Å². The van der Waals surface area contributed by atoms with E-state index in [0.717, 1.165) is 12.8 Å². The number of aliphatic hydroxyl groups excluding tert-OH is 1. The fourth-order valence-corrected chi connectivity index (χ4v) is 1.76. The van der Waals surface area contributed by atoms with Crippen LogP contribution in [0.1, 0.15) is 19.3 Å². The van der Waals surface area contributed by atoms with Crippen LogP contribution in [0.25, 0.3) is 0 Å². The molecule has 0 saturated heterocycles. The van der Waals surface area contributed by atoms with Crippen LogP contribution in [0.3, 0.4) is 0 Å². The first-order valence-electron chi connectivity index (χ1n) is 6.13. The topological polar surface area (TPSA) is 61.4 Å². The molecule has 5 heteroatoms. The maximum absolute atomic E-state index is 12.6. The van der Waals surface area contributed by atoms with Gasteiger partial charge in [0.1, 0.15) is 5.82 Å². The zero-order chi connectivity index (χ0) is 13.0. The summed E-state index contributed by atoms with van der Waals surface area (Å²) in [5.41, 5.74) is 0.539. The summed E-state index contributed by atoms with van der Waals surface area (Å²) in [6.45, 7) is 0.435. The highest BCUT2D eigenvalue weighted by atomic mass is 19.1. The summed E-state index contributed by atoms with van der Waals surface area (Å²) in [6, 6.07) is 5.21. The average Bonchev–Trinajstić information content (AvgIpc) is 3.16. The minimum Gasteiger partial charge on any atom is -0.393 e. The Kier molecular flexibility index (Phi) is 4.15. The molecule has 0 heterocycles. The molecule has 0 spiro atoms. The largest absolute Gasteiger partial charge is 0.393 e. The van der Waals surface area contributed by atoms with Gasteiger partial charge < -0.3 is 15.7 Å². The van der Waals surface area contributed by atoms with Crippen LogP contribution < -0.4 is 10.6 Å². The Hall–Kier alpha value is -1.62. The second-order valence-electron chi connectivity index (χ2n) is 4.58. The third-order valence-electron chi connectivity index (χ3n) is 2.99. The average molecular weight is 252 g/mol. The molecule has 2 rings (SSSR count). The van der Waals surface area contributed by atoms with Crippen molar-refractivity contribution in [3.05, 3.63) is 30.1 Å². The Bertz CT molecular complexity index is 404. The number of anilines is 1. The monoisotopic (exact) mass is 252 g/mol. The van der Waals surface area contributed by atoms with Gasteiger partial charge in [-0.2, -0.15) is 0 Å². The number of halogens is 1. The van der Waals surface area contributed by atoms with E-state index in [1.807, 2.05) is 0 Å². The first kappa shape index (κ1) is 12.8. The number of urea groups is 1. The minimum absolute atomic E-state index is 0.309. The number of carbonyl (C=O) groups excluding carboxylic acids is 1. The molecule has 1 saturated carbocycles. The highest BCUT2D eigenvalue weighted by molar-refractivity contribution is 5.89. The lowest BCUT2D eigenvalue weighted by Gasteiger charge is -2.10. The number of hydrogen-bond acceptors (Lipinski definition) is 2. The zero-order valence-electron chi connectivity index (χ0n) is 10.0. The van der Waals surface area contributed by atoms with Crippen molar-refractivity contribution in [3.8, 4) is 0 Å². The summed E-state index contributed by atoms with van der Waals surface area (Å²) in [7, 11) is 0. The lowest BCUT2D eigenvalue weighted by molar-refractivity contribution is 0.142. The van der Waals surface area contributed by atoms with E-state index in [9.17, 15) is 14.3 Å². The highest BCUT2D eigenvalue weighted by Gasteiger charge is 2.29. The summed E-state index contributed by atoms with van der Waals surface area (Å²) in [4.78, 5) is 11.5. The van der Waals surface area contributed by atoms with Gasteiger partial charge >= 0.3 is 6.03 Å². The lowest BCUT2D eigenvalue weighted by Crippen LogP contribution is -2.31. The predicted molar refractivity (Wildman–Crippen MR) is 66.8 cm³/mol. The molecule has 18 heavy (non-hydrogen) atoms. The normalized spacial score (nSPS) is 16.1. The summed E-state index contributed by atoms with van der Waals surface area (Å²) in [5.74, 6) is 0.0838. The number of carbonyl (C=O) groups is 1. The van der Waals surface area contributed by atoms with Crippen molar-refractivity contribution in [1.29, 1.82) is 0 Å². The van der Waals surface area contributed by atoms with Crippen molar-refractivity contribution in [1.82, 2.24) is 5.32 Å². The molecule has 1 atom stereocenters. The molecule has 1 aliphatic rings. The quantitative estimate of drug-likeness (QED) is 0.751. The molecule has 0 unspecified atom stereocenters. The number of nitrogens with one attached hydrogen (secondary N) is 2. The zero-order valence-corrected chi connectivity index (χ0v) is 10.0. The molecular weight excluding hydrogens is 235 g/mol. The third-order valence-corrected chi connectivity index (χ3v) is 2.99. The van der Waals surface area contributed by atoms with Gasteiger partial charge in [0.15, 0.2) is 0 Å². The van der Waals surface area contributed by atoms with Gasteiger partial charge in [-0.3, -0.25) is 0 Å². The van der Waals surface area contributed by atoms with Crippen LogP contribution >= 0.6 is 0 Å². The predicted octanol–water partition coefficient (Wildman–Crippen LogP) is 2.11. The molecule has 0 aromatic heterocycles. The lowest BCUT2D eigenvalue weighted by atomic mass is 10.2. The molecule has 1 aromatic carbocycles. The molecule has 0 radical (unpaired) electrons. The number of benzene rings is 1. The second kappa shape index (κ2) is 5.82. The Morgan fingerprint density at radius 3 is 2.67 bits per heavy atom. The Balaban J connectivity index is 1.66. The summed E-state index contributed by atoms with van der Waals surface area (Å²) < 4.78 is 12.6. The molecule has 2 amide bonds. The highest BCUT2D eigenvalue weighted by Crippen LogP contribution is 2.33. The number of rotatable bonds is 5. The van der Waals surface area contributed by atoms with E-state index in [1.54, 1.807) is 0 Å². The van der Waals surface area contributed by atoms with E-state index in [-0.39, 0.29) is 18.0 Å². The van der Waals surface area contributed by atoms with Gasteiger partial charge in [-0.25, -0.2) is 9.18 Å². The van der Waals surface area contributed by atoms with Crippen molar-refractivity contribution >= 4 is 11.7 Å². The van der Waals surface area contributed by atoms with Crippen molar-refractivity contribution in [2.45, 2.75) is 25.4 Å². The van der Waals surface area contributed by atoms with Crippen molar-refractivity contribution < 1.29 is 14.3 Å². The molecule has 98 valence electrons. The van der Waals surface area contributed by atoms with Crippen molar-refractivity contribution in [2.75, 3.05) is 11.9 Å². The Morgan fingerprint density at radius 1 is 1.39 bits per heavy atom. The minimum atomic E-state index is -0.343. The summed E-state index contributed by atoms with van der Waals surface area (Å²) in [5, 5.41) is 14.9. The summed E-state index contributed by atoms with van der Waals surface area (Å²) >= 11 is 0. The first-order chi connectivity index (χ1) is 8.65. The summed E-state index contributed by atoms with van der Waals surface area (Å²) in [6.07, 6.45) is 2.43. The molecule has 1 aromatic rings. The van der Waals surface area contributed by atoms with Crippen LogP contribution in [0.5, 0.6) is 0 Å². The van der Waals surface area contributed by atoms with E-state index >= 15 is 0 Å². The molecule has 1 fully saturated rings. The first-order valence-corrected chi connectivity index (χ1v) is 6.13. The van der Waals surface area contributed by atoms with Crippen molar-refractivity contribution in [3.63, 3.8) is 0 Å². The molecular formula is C13H17FN2O2. The maximum Gasteiger partial charge on any atom is 0.319 e. The third kappa shape index (κ3) is 4.00. The SMILES string of the molecule is O=C(NCC[C@H](O)C1CC1)Nc1ccc(F)cc1. The van der Waals surface area contributed by atoms with Crippen LogP contribution in [0.4, 0.5) is 14.9 Å². The van der Waals surface area contributed by atoms with Gasteiger partial charge in [-0.05, 0) is 49.4 Å². The molecule has 0 bridgehead atoms. The van der Waals surface area contributed by atoms with Gasteiger partial charge in [0.2, 0.25) is 0 Å². The van der Waals surface area contributed by atoms with Crippen LogP contribution in [-0.2, 0) is 0 Å². The standard InChI is InChI=1S/C13H17FN2O2/c14-10-3-5-11(6-4-10)16-13(18)15-8-7-12(17)9-1-2-9/h3-6,9,12,17H,1-2,7-8H2,(H2,15,16,18)/t12-/m0/s1. The Labute approximate surface area is 105 Å². The van der Waals surface area contributed by atoms with Gasteiger partial charge in [0.05, 0.1) is 6.10 Å². The molecule has 0 aliphatic heterocycles. The van der Waals surface area contributed by atoms with Crippen molar-refractivity contribution in [2.24, 2.45) is 5.92 Å². The van der Waals surface area contributed by atoms with E-state index in [1.165, 1.54) is 24.3 Å². The fraction of sp³-hybridized carbons (Fsp3) is 0.462. The molecule has 3 N–H and O–H groups in total. The number of amides is 2. The van der Waals surface area contributed by atoms with Gasteiger partial charge in [0, 0.05) is 12.2 Å². The van der Waals surface area contributed by atoms with Crippen LogP contribution in [0.15, 0.2) is 24.3 Å². The molecule has 1 aliphatic carbocycles. The van der Waals surface area contributed by atoms with Gasteiger partial charge in [-0.15, -0.1) is 0 Å².